The summed E-state index contributed by atoms with van der Waals surface area (Å²) in [5, 5.41) is 4.32. The van der Waals surface area contributed by atoms with E-state index in [9.17, 15) is 4.79 Å². The number of carbonyl (C=O) groups excluding carboxylic acids is 1. The minimum atomic E-state index is 0.209. The molecule has 1 fully saturated rings. The smallest absolute Gasteiger partial charge is 0.227 e. The molecule has 1 atom stereocenters. The molecular formula is C18H21N3O2. The fraction of sp³-hybridized carbons (Fsp3) is 0.444. The topological polar surface area (TPSA) is 47.4 Å². The van der Waals surface area contributed by atoms with Crippen molar-refractivity contribution in [3.05, 3.63) is 47.8 Å². The standard InChI is InChI=1S/C18H21N3O2/c22-18(12-14-4-5-17-15(11-14)6-10-23-17)20-8-1-3-16(13-20)21-9-2-7-19-21/h2,4-5,7,9,11,16H,1,3,6,8,10,12-13H2. The first kappa shape index (κ1) is 14.3. The van der Waals surface area contributed by atoms with Gasteiger partial charge in [0, 0.05) is 31.9 Å². The molecule has 0 aliphatic carbocycles. The van der Waals surface area contributed by atoms with Gasteiger partial charge in [-0.2, -0.15) is 5.10 Å². The molecule has 1 saturated heterocycles. The van der Waals surface area contributed by atoms with Crippen LogP contribution in [0.2, 0.25) is 0 Å². The molecule has 0 radical (unpaired) electrons. The summed E-state index contributed by atoms with van der Waals surface area (Å²) in [6, 6.07) is 8.36. The summed E-state index contributed by atoms with van der Waals surface area (Å²) >= 11 is 0. The van der Waals surface area contributed by atoms with E-state index in [1.807, 2.05) is 34.0 Å². The molecule has 0 spiro atoms. The molecule has 23 heavy (non-hydrogen) atoms. The third kappa shape index (κ3) is 2.96. The Bertz CT molecular complexity index is 696. The van der Waals surface area contributed by atoms with Gasteiger partial charge in [-0.1, -0.05) is 12.1 Å². The molecular weight excluding hydrogens is 290 g/mol. The Morgan fingerprint density at radius 1 is 1.39 bits per heavy atom. The number of benzene rings is 1. The van der Waals surface area contributed by atoms with Crippen LogP contribution in [0.1, 0.15) is 30.0 Å². The quantitative estimate of drug-likeness (QED) is 0.873. The number of rotatable bonds is 3. The molecule has 1 amide bonds. The van der Waals surface area contributed by atoms with E-state index in [4.69, 9.17) is 4.74 Å². The maximum atomic E-state index is 12.6. The molecule has 1 aromatic heterocycles. The molecule has 5 heteroatoms. The maximum absolute atomic E-state index is 12.6. The number of nitrogens with zero attached hydrogens (tertiary/aromatic N) is 3. The van der Waals surface area contributed by atoms with Crippen LogP contribution in [0.3, 0.4) is 0 Å². The molecule has 120 valence electrons. The molecule has 1 unspecified atom stereocenters. The summed E-state index contributed by atoms with van der Waals surface area (Å²) in [4.78, 5) is 14.6. The average molecular weight is 311 g/mol. The van der Waals surface area contributed by atoms with E-state index < -0.39 is 0 Å². The lowest BCUT2D eigenvalue weighted by Crippen LogP contribution is -2.41. The van der Waals surface area contributed by atoms with Crippen LogP contribution in [-0.2, 0) is 17.6 Å². The monoisotopic (exact) mass is 311 g/mol. The van der Waals surface area contributed by atoms with Gasteiger partial charge in [0.05, 0.1) is 19.1 Å². The zero-order valence-corrected chi connectivity index (χ0v) is 13.1. The number of carbonyl (C=O) groups is 1. The minimum absolute atomic E-state index is 0.209. The van der Waals surface area contributed by atoms with E-state index >= 15 is 0 Å². The van der Waals surface area contributed by atoms with Gasteiger partial charge in [-0.25, -0.2) is 0 Å². The van der Waals surface area contributed by atoms with Crippen molar-refractivity contribution in [3.8, 4) is 5.75 Å². The van der Waals surface area contributed by atoms with E-state index in [1.165, 1.54) is 5.56 Å². The Morgan fingerprint density at radius 3 is 3.22 bits per heavy atom. The first-order valence-electron chi connectivity index (χ1n) is 8.31. The van der Waals surface area contributed by atoms with Crippen LogP contribution < -0.4 is 4.74 Å². The van der Waals surface area contributed by atoms with Gasteiger partial charge in [0.1, 0.15) is 5.75 Å². The van der Waals surface area contributed by atoms with Gasteiger partial charge < -0.3 is 9.64 Å². The normalized spacial score (nSPS) is 20.2. The second-order valence-electron chi connectivity index (χ2n) is 6.34. The number of hydrogen-bond acceptors (Lipinski definition) is 3. The summed E-state index contributed by atoms with van der Waals surface area (Å²) < 4.78 is 7.50. The Labute approximate surface area is 135 Å². The zero-order valence-electron chi connectivity index (χ0n) is 13.1. The highest BCUT2D eigenvalue weighted by atomic mass is 16.5. The zero-order chi connectivity index (χ0) is 15.6. The van der Waals surface area contributed by atoms with Gasteiger partial charge in [-0.05, 0) is 36.1 Å². The number of amides is 1. The molecule has 2 aliphatic heterocycles. The first-order valence-corrected chi connectivity index (χ1v) is 8.31. The van der Waals surface area contributed by atoms with Crippen molar-refractivity contribution in [1.82, 2.24) is 14.7 Å². The molecule has 2 aliphatic rings. The molecule has 5 nitrogen and oxygen atoms in total. The third-order valence-corrected chi connectivity index (χ3v) is 4.76. The largest absolute Gasteiger partial charge is 0.493 e. The van der Waals surface area contributed by atoms with Gasteiger partial charge in [0.15, 0.2) is 0 Å². The first-order chi connectivity index (χ1) is 11.3. The van der Waals surface area contributed by atoms with E-state index in [0.717, 1.165) is 50.3 Å². The van der Waals surface area contributed by atoms with Gasteiger partial charge in [-0.3, -0.25) is 9.48 Å². The Hall–Kier alpha value is -2.30. The lowest BCUT2D eigenvalue weighted by Gasteiger charge is -2.33. The number of likely N-dealkylation sites (tertiary alicyclic amines) is 1. The fourth-order valence-electron chi connectivity index (χ4n) is 3.53. The second-order valence-corrected chi connectivity index (χ2v) is 6.34. The van der Waals surface area contributed by atoms with E-state index in [1.54, 1.807) is 6.20 Å². The van der Waals surface area contributed by atoms with Crippen molar-refractivity contribution >= 4 is 5.91 Å². The summed E-state index contributed by atoms with van der Waals surface area (Å²) in [7, 11) is 0. The Balaban J connectivity index is 1.42. The second kappa shape index (κ2) is 6.07. The summed E-state index contributed by atoms with van der Waals surface area (Å²) in [5.74, 6) is 1.18. The Morgan fingerprint density at radius 2 is 2.35 bits per heavy atom. The molecule has 0 N–H and O–H groups in total. The fourth-order valence-corrected chi connectivity index (χ4v) is 3.53. The molecule has 0 saturated carbocycles. The van der Waals surface area contributed by atoms with Crippen molar-refractivity contribution in [1.29, 1.82) is 0 Å². The number of piperidine rings is 1. The van der Waals surface area contributed by atoms with Crippen LogP contribution in [0, 0.1) is 0 Å². The van der Waals surface area contributed by atoms with Crippen LogP contribution in [0.15, 0.2) is 36.7 Å². The summed E-state index contributed by atoms with van der Waals surface area (Å²) in [5.41, 5.74) is 2.31. The molecule has 4 rings (SSSR count). The SMILES string of the molecule is O=C(Cc1ccc2c(c1)CCO2)N1CCCC(n2cccn2)C1. The average Bonchev–Trinajstić information content (AvgIpc) is 3.26. The maximum Gasteiger partial charge on any atom is 0.227 e. The van der Waals surface area contributed by atoms with Crippen molar-refractivity contribution in [2.75, 3.05) is 19.7 Å². The number of hydrogen-bond donors (Lipinski definition) is 0. The van der Waals surface area contributed by atoms with Gasteiger partial charge >= 0.3 is 0 Å². The minimum Gasteiger partial charge on any atom is -0.493 e. The lowest BCUT2D eigenvalue weighted by molar-refractivity contribution is -0.132. The molecule has 0 bridgehead atoms. The summed E-state index contributed by atoms with van der Waals surface area (Å²) in [6.45, 7) is 2.36. The van der Waals surface area contributed by atoms with E-state index in [-0.39, 0.29) is 5.91 Å². The predicted molar refractivity (Wildman–Crippen MR) is 86.4 cm³/mol. The number of ether oxygens (including phenoxy) is 1. The van der Waals surface area contributed by atoms with Gasteiger partial charge in [0.25, 0.3) is 0 Å². The molecule has 2 aromatic rings. The summed E-state index contributed by atoms with van der Waals surface area (Å²) in [6.07, 6.45) is 7.32. The Kier molecular flexibility index (Phi) is 3.77. The lowest BCUT2D eigenvalue weighted by atomic mass is 10.0. The number of aromatic nitrogens is 2. The number of fused-ring (bicyclic) bond motifs is 1. The highest BCUT2D eigenvalue weighted by Crippen LogP contribution is 2.27. The van der Waals surface area contributed by atoms with Crippen molar-refractivity contribution in [3.63, 3.8) is 0 Å². The highest BCUT2D eigenvalue weighted by Gasteiger charge is 2.25. The highest BCUT2D eigenvalue weighted by molar-refractivity contribution is 5.79. The van der Waals surface area contributed by atoms with E-state index in [2.05, 4.69) is 11.2 Å². The third-order valence-electron chi connectivity index (χ3n) is 4.76. The van der Waals surface area contributed by atoms with Crippen molar-refractivity contribution in [2.45, 2.75) is 31.7 Å². The van der Waals surface area contributed by atoms with Crippen LogP contribution in [-0.4, -0.2) is 40.3 Å². The van der Waals surface area contributed by atoms with Crippen LogP contribution in [0.4, 0.5) is 0 Å². The molecule has 3 heterocycles. The molecule has 1 aromatic carbocycles. The van der Waals surface area contributed by atoms with Gasteiger partial charge in [-0.15, -0.1) is 0 Å². The van der Waals surface area contributed by atoms with Crippen LogP contribution in [0.5, 0.6) is 5.75 Å². The van der Waals surface area contributed by atoms with Crippen LogP contribution in [0.25, 0.3) is 0 Å². The van der Waals surface area contributed by atoms with Crippen LogP contribution >= 0.6 is 0 Å². The predicted octanol–water partition coefficient (Wildman–Crippen LogP) is 2.22. The van der Waals surface area contributed by atoms with E-state index in [0.29, 0.717) is 12.5 Å². The van der Waals surface area contributed by atoms with Crippen molar-refractivity contribution in [2.24, 2.45) is 0 Å². The van der Waals surface area contributed by atoms with Gasteiger partial charge in [0.2, 0.25) is 5.91 Å². The van der Waals surface area contributed by atoms with Crippen molar-refractivity contribution < 1.29 is 9.53 Å².